The van der Waals surface area contributed by atoms with E-state index >= 15 is 0 Å². The Kier molecular flexibility index (Phi) is 8.49. The van der Waals surface area contributed by atoms with Gasteiger partial charge in [0.25, 0.3) is 0 Å². The van der Waals surface area contributed by atoms with E-state index in [-0.39, 0.29) is 18.4 Å². The second-order valence-electron chi connectivity index (χ2n) is 7.92. The number of amides is 1. The molecule has 0 bridgehead atoms. The van der Waals surface area contributed by atoms with Gasteiger partial charge in [-0.1, -0.05) is 74.0 Å². The van der Waals surface area contributed by atoms with Gasteiger partial charge in [0.2, 0.25) is 15.9 Å². The van der Waals surface area contributed by atoms with Gasteiger partial charge >= 0.3 is 0 Å². The lowest BCUT2D eigenvalue weighted by Crippen LogP contribution is -2.42. The van der Waals surface area contributed by atoms with Crippen LogP contribution in [0.3, 0.4) is 0 Å². The minimum Gasteiger partial charge on any atom is -0.455 e. The Bertz CT molecular complexity index is 1140. The number of anilines is 1. The van der Waals surface area contributed by atoms with Crippen molar-refractivity contribution in [3.8, 4) is 11.5 Å². The third kappa shape index (κ3) is 7.36. The third-order valence-electron chi connectivity index (χ3n) is 5.32. The van der Waals surface area contributed by atoms with Crippen LogP contribution in [-0.4, -0.2) is 33.7 Å². The van der Waals surface area contributed by atoms with Crippen molar-refractivity contribution in [2.45, 2.75) is 19.8 Å². The van der Waals surface area contributed by atoms with Crippen LogP contribution >= 0.6 is 0 Å². The van der Waals surface area contributed by atoms with E-state index in [4.69, 9.17) is 4.74 Å². The zero-order chi connectivity index (χ0) is 23.7. The summed E-state index contributed by atoms with van der Waals surface area (Å²) in [7, 11) is -3.73. The van der Waals surface area contributed by atoms with E-state index < -0.39 is 10.0 Å². The molecule has 0 heterocycles. The van der Waals surface area contributed by atoms with E-state index in [0.29, 0.717) is 23.7 Å². The van der Waals surface area contributed by atoms with E-state index in [2.05, 4.69) is 24.4 Å². The van der Waals surface area contributed by atoms with Crippen LogP contribution in [0.4, 0.5) is 5.69 Å². The van der Waals surface area contributed by atoms with E-state index in [1.54, 1.807) is 36.4 Å². The van der Waals surface area contributed by atoms with Gasteiger partial charge in [-0.2, -0.15) is 0 Å². The highest BCUT2D eigenvalue weighted by Gasteiger charge is 2.24. The van der Waals surface area contributed by atoms with Crippen LogP contribution in [0.15, 0.2) is 84.9 Å². The maximum absolute atomic E-state index is 12.8. The molecular formula is C26H30N2O4S. The molecule has 0 aromatic heterocycles. The van der Waals surface area contributed by atoms with Crippen LogP contribution in [0.2, 0.25) is 0 Å². The fourth-order valence-corrected chi connectivity index (χ4v) is 4.36. The van der Waals surface area contributed by atoms with Gasteiger partial charge in [0.05, 0.1) is 11.9 Å². The Morgan fingerprint density at radius 1 is 0.939 bits per heavy atom. The number of rotatable bonds is 11. The summed E-state index contributed by atoms with van der Waals surface area (Å²) < 4.78 is 32.2. The van der Waals surface area contributed by atoms with Crippen LogP contribution in [0.25, 0.3) is 0 Å². The monoisotopic (exact) mass is 466 g/mol. The number of sulfonamides is 1. The Morgan fingerprint density at radius 2 is 1.55 bits per heavy atom. The van der Waals surface area contributed by atoms with E-state index in [0.717, 1.165) is 23.4 Å². The summed E-state index contributed by atoms with van der Waals surface area (Å²) in [5.41, 5.74) is 1.53. The molecule has 0 saturated carbocycles. The summed E-state index contributed by atoms with van der Waals surface area (Å²) in [6.07, 6.45) is 2.84. The van der Waals surface area contributed by atoms with Crippen molar-refractivity contribution in [1.29, 1.82) is 0 Å². The maximum Gasteiger partial charge on any atom is 0.240 e. The topological polar surface area (TPSA) is 75.7 Å². The minimum absolute atomic E-state index is 0.261. The first-order chi connectivity index (χ1) is 15.9. The molecule has 1 atom stereocenters. The average Bonchev–Trinajstić information content (AvgIpc) is 2.81. The van der Waals surface area contributed by atoms with Crippen molar-refractivity contribution in [2.75, 3.05) is 23.7 Å². The van der Waals surface area contributed by atoms with Crippen LogP contribution in [-0.2, 0) is 21.2 Å². The molecule has 0 radical (unpaired) electrons. The normalized spacial score (nSPS) is 12.1. The Labute approximate surface area is 196 Å². The van der Waals surface area contributed by atoms with Gasteiger partial charge in [-0.25, -0.2) is 8.42 Å². The summed E-state index contributed by atoms with van der Waals surface area (Å²) in [5, 5.41) is 2.91. The number of para-hydroxylation sites is 3. The quantitative estimate of drug-likeness (QED) is 0.447. The molecule has 0 fully saturated rings. The van der Waals surface area contributed by atoms with Gasteiger partial charge in [-0.05, 0) is 42.2 Å². The van der Waals surface area contributed by atoms with Gasteiger partial charge in [0, 0.05) is 6.54 Å². The Hall–Kier alpha value is -3.32. The molecule has 0 aliphatic rings. The lowest BCUT2D eigenvalue weighted by Gasteiger charge is -2.24. The fraction of sp³-hybridized carbons (Fsp3) is 0.269. The zero-order valence-electron chi connectivity index (χ0n) is 19.0. The molecule has 0 aliphatic carbocycles. The van der Waals surface area contributed by atoms with Gasteiger partial charge < -0.3 is 10.1 Å². The first-order valence-corrected chi connectivity index (χ1v) is 12.8. The number of nitrogens with zero attached hydrogens (tertiary/aromatic N) is 1. The standard InChI is InChI=1S/C26H30N2O4S/c1-3-21(18-22-12-6-4-7-13-22)19-27-26(29)20-28(33(2,30)31)24-16-10-11-17-25(24)32-23-14-8-5-9-15-23/h4-17,21H,3,18-20H2,1-2H3,(H,27,29). The molecule has 6 nitrogen and oxygen atoms in total. The summed E-state index contributed by atoms with van der Waals surface area (Å²) in [6.45, 7) is 2.24. The Balaban J connectivity index is 1.71. The van der Waals surface area contributed by atoms with E-state index in [9.17, 15) is 13.2 Å². The van der Waals surface area contributed by atoms with Gasteiger partial charge in [-0.15, -0.1) is 0 Å². The molecule has 174 valence electrons. The predicted octanol–water partition coefficient (Wildman–Crippen LogP) is 4.63. The van der Waals surface area contributed by atoms with Crippen molar-refractivity contribution >= 4 is 21.6 Å². The zero-order valence-corrected chi connectivity index (χ0v) is 19.8. The molecule has 3 rings (SSSR count). The largest absolute Gasteiger partial charge is 0.455 e. The molecule has 33 heavy (non-hydrogen) atoms. The van der Waals surface area contributed by atoms with Crippen molar-refractivity contribution < 1.29 is 17.9 Å². The van der Waals surface area contributed by atoms with Crippen molar-refractivity contribution in [3.05, 3.63) is 90.5 Å². The second kappa shape index (κ2) is 11.5. The number of carbonyl (C=O) groups excluding carboxylic acids is 1. The second-order valence-corrected chi connectivity index (χ2v) is 9.83. The molecule has 1 unspecified atom stereocenters. The predicted molar refractivity (Wildman–Crippen MR) is 132 cm³/mol. The lowest BCUT2D eigenvalue weighted by atomic mass is 9.97. The highest BCUT2D eigenvalue weighted by Crippen LogP contribution is 2.33. The number of hydrogen-bond acceptors (Lipinski definition) is 4. The van der Waals surface area contributed by atoms with Crippen LogP contribution in [0, 0.1) is 5.92 Å². The van der Waals surface area contributed by atoms with Gasteiger partial charge in [-0.3, -0.25) is 9.10 Å². The highest BCUT2D eigenvalue weighted by atomic mass is 32.2. The number of ether oxygens (including phenoxy) is 1. The first kappa shape index (κ1) is 24.3. The number of benzene rings is 3. The summed E-state index contributed by atoms with van der Waals surface area (Å²) >= 11 is 0. The number of carbonyl (C=O) groups is 1. The number of nitrogens with one attached hydrogen (secondary N) is 1. The molecule has 3 aromatic carbocycles. The molecule has 0 spiro atoms. The summed E-state index contributed by atoms with van der Waals surface area (Å²) in [5.74, 6) is 0.838. The van der Waals surface area contributed by atoms with Crippen LogP contribution in [0.5, 0.6) is 11.5 Å². The molecule has 1 amide bonds. The fourth-order valence-electron chi connectivity index (χ4n) is 3.50. The van der Waals surface area contributed by atoms with Gasteiger partial charge in [0.1, 0.15) is 12.3 Å². The molecule has 7 heteroatoms. The SMILES string of the molecule is CCC(CNC(=O)CN(c1ccccc1Oc1ccccc1)S(C)(=O)=O)Cc1ccccc1. The van der Waals surface area contributed by atoms with Crippen molar-refractivity contribution in [3.63, 3.8) is 0 Å². The molecule has 0 aliphatic heterocycles. The van der Waals surface area contributed by atoms with Crippen LogP contribution < -0.4 is 14.4 Å². The first-order valence-electron chi connectivity index (χ1n) is 11.0. The molecule has 1 N–H and O–H groups in total. The smallest absolute Gasteiger partial charge is 0.240 e. The number of hydrogen-bond donors (Lipinski definition) is 1. The third-order valence-corrected chi connectivity index (χ3v) is 6.45. The summed E-state index contributed by atoms with van der Waals surface area (Å²) in [4.78, 5) is 12.8. The molecular weight excluding hydrogens is 436 g/mol. The average molecular weight is 467 g/mol. The van der Waals surface area contributed by atoms with Crippen LogP contribution in [0.1, 0.15) is 18.9 Å². The Morgan fingerprint density at radius 3 is 2.18 bits per heavy atom. The summed E-state index contributed by atoms with van der Waals surface area (Å²) in [6, 6.07) is 26.0. The van der Waals surface area contributed by atoms with Crippen molar-refractivity contribution in [1.82, 2.24) is 5.32 Å². The highest BCUT2D eigenvalue weighted by molar-refractivity contribution is 7.92. The van der Waals surface area contributed by atoms with E-state index in [1.807, 2.05) is 36.4 Å². The molecule has 0 saturated heterocycles. The van der Waals surface area contributed by atoms with Gasteiger partial charge in [0.15, 0.2) is 5.75 Å². The molecule has 3 aromatic rings. The lowest BCUT2D eigenvalue weighted by molar-refractivity contribution is -0.119. The van der Waals surface area contributed by atoms with Crippen molar-refractivity contribution in [2.24, 2.45) is 5.92 Å². The maximum atomic E-state index is 12.8. The minimum atomic E-state index is -3.73. The van der Waals surface area contributed by atoms with E-state index in [1.165, 1.54) is 5.56 Å².